The van der Waals surface area contributed by atoms with Gasteiger partial charge in [-0.25, -0.2) is 14.4 Å². The average Bonchev–Trinajstić information content (AvgIpc) is 2.68. The van der Waals surface area contributed by atoms with Crippen molar-refractivity contribution in [3.8, 4) is 11.1 Å². The van der Waals surface area contributed by atoms with E-state index in [2.05, 4.69) is 20.6 Å². The molecule has 5 nitrogen and oxygen atoms in total. The molecule has 3 aromatic rings. The van der Waals surface area contributed by atoms with Gasteiger partial charge < -0.3 is 10.6 Å². The number of benzene rings is 2. The predicted octanol–water partition coefficient (Wildman–Crippen LogP) is 4.94. The van der Waals surface area contributed by atoms with Gasteiger partial charge in [0, 0.05) is 34.7 Å². The summed E-state index contributed by atoms with van der Waals surface area (Å²) in [4.78, 5) is 21.0. The Bertz CT molecular complexity index is 970. The van der Waals surface area contributed by atoms with Crippen LogP contribution in [0.4, 0.5) is 16.0 Å². The van der Waals surface area contributed by atoms with Crippen molar-refractivity contribution in [3.05, 3.63) is 72.3 Å². The number of carbonyl (C=O) groups excluding carboxylic acids is 1. The van der Waals surface area contributed by atoms with E-state index in [-0.39, 0.29) is 17.3 Å². The van der Waals surface area contributed by atoms with E-state index in [1.54, 1.807) is 42.7 Å². The zero-order valence-corrected chi connectivity index (χ0v) is 16.2. The minimum absolute atomic E-state index is 0.127. The molecular formula is C22H23FN4O. The Kier molecular flexibility index (Phi) is 5.68. The first-order chi connectivity index (χ1) is 13.4. The molecule has 144 valence electrons. The van der Waals surface area contributed by atoms with Crippen LogP contribution in [0.3, 0.4) is 0 Å². The minimum atomic E-state index is -0.305. The second kappa shape index (κ2) is 8.17. The van der Waals surface area contributed by atoms with E-state index in [0.29, 0.717) is 22.8 Å². The van der Waals surface area contributed by atoms with E-state index in [9.17, 15) is 9.18 Å². The van der Waals surface area contributed by atoms with Crippen molar-refractivity contribution in [1.29, 1.82) is 0 Å². The molecule has 0 aliphatic rings. The predicted molar refractivity (Wildman–Crippen MR) is 109 cm³/mol. The molecule has 28 heavy (non-hydrogen) atoms. The molecule has 6 heteroatoms. The Morgan fingerprint density at radius 1 is 1.04 bits per heavy atom. The molecule has 0 saturated carbocycles. The van der Waals surface area contributed by atoms with Crippen molar-refractivity contribution in [2.45, 2.75) is 32.7 Å². The molecule has 0 aliphatic heterocycles. The molecule has 1 amide bonds. The van der Waals surface area contributed by atoms with Gasteiger partial charge in [0.1, 0.15) is 5.82 Å². The van der Waals surface area contributed by atoms with Gasteiger partial charge in [0.2, 0.25) is 5.95 Å². The van der Waals surface area contributed by atoms with Gasteiger partial charge >= 0.3 is 0 Å². The van der Waals surface area contributed by atoms with Gasteiger partial charge in [-0.05, 0) is 56.2 Å². The van der Waals surface area contributed by atoms with Crippen LogP contribution in [0.15, 0.2) is 60.9 Å². The van der Waals surface area contributed by atoms with Crippen LogP contribution in [-0.2, 0) is 0 Å². The van der Waals surface area contributed by atoms with Gasteiger partial charge in [0.05, 0.1) is 0 Å². The quantitative estimate of drug-likeness (QED) is 0.637. The highest BCUT2D eigenvalue weighted by Crippen LogP contribution is 2.21. The summed E-state index contributed by atoms with van der Waals surface area (Å²) in [6.07, 6.45) is 4.09. The highest BCUT2D eigenvalue weighted by molar-refractivity contribution is 5.95. The Balaban J connectivity index is 1.73. The summed E-state index contributed by atoms with van der Waals surface area (Å²) >= 11 is 0. The molecule has 0 unspecified atom stereocenters. The third kappa shape index (κ3) is 4.91. The normalized spacial score (nSPS) is 11.1. The first-order valence-corrected chi connectivity index (χ1v) is 9.14. The lowest BCUT2D eigenvalue weighted by molar-refractivity contribution is 0.0911. The minimum Gasteiger partial charge on any atom is -0.347 e. The second-order valence-electron chi connectivity index (χ2n) is 7.20. The number of anilines is 2. The van der Waals surface area contributed by atoms with E-state index in [1.165, 1.54) is 12.1 Å². The van der Waals surface area contributed by atoms with E-state index in [1.807, 2.05) is 26.8 Å². The summed E-state index contributed by atoms with van der Waals surface area (Å²) in [6.45, 7) is 6.01. The van der Waals surface area contributed by atoms with Crippen molar-refractivity contribution in [2.75, 3.05) is 5.32 Å². The molecule has 0 saturated heterocycles. The summed E-state index contributed by atoms with van der Waals surface area (Å²) in [6, 6.07) is 13.4. The van der Waals surface area contributed by atoms with E-state index in [4.69, 9.17) is 0 Å². The Morgan fingerprint density at radius 3 is 2.43 bits per heavy atom. The highest BCUT2D eigenvalue weighted by Gasteiger charge is 2.19. The SMILES string of the molecule is CCC(C)(C)NC(=O)c1cccc(Nc2ncc(-c3cccc(F)c3)cn2)c1. The third-order valence-corrected chi connectivity index (χ3v) is 4.53. The summed E-state index contributed by atoms with van der Waals surface area (Å²) in [5.74, 6) is -0.0366. The van der Waals surface area contributed by atoms with Crippen molar-refractivity contribution in [2.24, 2.45) is 0 Å². The third-order valence-electron chi connectivity index (χ3n) is 4.53. The van der Waals surface area contributed by atoms with Crippen molar-refractivity contribution < 1.29 is 9.18 Å². The van der Waals surface area contributed by atoms with Crippen LogP contribution in [0.5, 0.6) is 0 Å². The Labute approximate surface area is 164 Å². The van der Waals surface area contributed by atoms with Crippen LogP contribution >= 0.6 is 0 Å². The van der Waals surface area contributed by atoms with E-state index in [0.717, 1.165) is 12.0 Å². The second-order valence-corrected chi connectivity index (χ2v) is 7.20. The lowest BCUT2D eigenvalue weighted by Crippen LogP contribution is -2.42. The molecule has 0 fully saturated rings. The number of nitrogens with one attached hydrogen (secondary N) is 2. The summed E-state index contributed by atoms with van der Waals surface area (Å²) in [7, 11) is 0. The first-order valence-electron chi connectivity index (χ1n) is 9.14. The average molecular weight is 378 g/mol. The highest BCUT2D eigenvalue weighted by atomic mass is 19.1. The molecule has 0 aliphatic carbocycles. The van der Waals surface area contributed by atoms with Crippen LogP contribution in [0.25, 0.3) is 11.1 Å². The zero-order valence-electron chi connectivity index (χ0n) is 16.2. The Morgan fingerprint density at radius 2 is 1.75 bits per heavy atom. The molecule has 2 aromatic carbocycles. The number of aromatic nitrogens is 2. The molecule has 0 bridgehead atoms. The van der Waals surface area contributed by atoms with Crippen LogP contribution in [0, 0.1) is 5.82 Å². The molecule has 1 aromatic heterocycles. The lowest BCUT2D eigenvalue weighted by Gasteiger charge is -2.24. The smallest absolute Gasteiger partial charge is 0.251 e. The molecule has 3 rings (SSSR count). The number of amides is 1. The largest absolute Gasteiger partial charge is 0.347 e. The van der Waals surface area contributed by atoms with Crippen LogP contribution < -0.4 is 10.6 Å². The molecule has 0 spiro atoms. The number of rotatable bonds is 6. The van der Waals surface area contributed by atoms with Crippen LogP contribution in [0.1, 0.15) is 37.6 Å². The lowest BCUT2D eigenvalue weighted by atomic mass is 10.0. The van der Waals surface area contributed by atoms with Gasteiger partial charge in [0.25, 0.3) is 5.91 Å². The summed E-state index contributed by atoms with van der Waals surface area (Å²) in [5, 5.41) is 6.10. The number of nitrogens with zero attached hydrogens (tertiary/aromatic N) is 2. The van der Waals surface area contributed by atoms with Gasteiger partial charge in [0.15, 0.2) is 0 Å². The molecule has 0 atom stereocenters. The molecule has 2 N–H and O–H groups in total. The standard InChI is InChI=1S/C22H23FN4O/c1-4-22(2,3)27-20(28)16-8-6-10-19(12-16)26-21-24-13-17(14-25-21)15-7-5-9-18(23)11-15/h5-14H,4H2,1-3H3,(H,27,28)(H,24,25,26). The van der Waals surface area contributed by atoms with Gasteiger partial charge in [-0.15, -0.1) is 0 Å². The van der Waals surface area contributed by atoms with E-state index >= 15 is 0 Å². The fraction of sp³-hybridized carbons (Fsp3) is 0.227. The zero-order chi connectivity index (χ0) is 20.1. The van der Waals surface area contributed by atoms with Gasteiger partial charge in [-0.2, -0.15) is 0 Å². The fourth-order valence-electron chi connectivity index (χ4n) is 2.54. The van der Waals surface area contributed by atoms with Crippen LogP contribution in [-0.4, -0.2) is 21.4 Å². The Hall–Kier alpha value is -3.28. The van der Waals surface area contributed by atoms with Crippen molar-refractivity contribution in [1.82, 2.24) is 15.3 Å². The number of halogens is 1. The van der Waals surface area contributed by atoms with Crippen LogP contribution in [0.2, 0.25) is 0 Å². The fourth-order valence-corrected chi connectivity index (χ4v) is 2.54. The molecule has 1 heterocycles. The van der Waals surface area contributed by atoms with Crippen molar-refractivity contribution in [3.63, 3.8) is 0 Å². The van der Waals surface area contributed by atoms with Crippen molar-refractivity contribution >= 4 is 17.5 Å². The maximum absolute atomic E-state index is 13.4. The maximum Gasteiger partial charge on any atom is 0.251 e. The summed E-state index contributed by atoms with van der Waals surface area (Å²) < 4.78 is 13.4. The summed E-state index contributed by atoms with van der Waals surface area (Å²) in [5.41, 5.74) is 2.43. The first kappa shape index (κ1) is 19.5. The van der Waals surface area contributed by atoms with Gasteiger partial charge in [-0.1, -0.05) is 25.1 Å². The monoisotopic (exact) mass is 378 g/mol. The number of hydrogen-bond acceptors (Lipinski definition) is 4. The molecular weight excluding hydrogens is 355 g/mol. The topological polar surface area (TPSA) is 66.9 Å². The number of hydrogen-bond donors (Lipinski definition) is 2. The van der Waals surface area contributed by atoms with E-state index < -0.39 is 0 Å². The number of carbonyl (C=O) groups is 1. The van der Waals surface area contributed by atoms with Gasteiger partial charge in [-0.3, -0.25) is 4.79 Å². The maximum atomic E-state index is 13.4. The molecule has 0 radical (unpaired) electrons.